The monoisotopic (exact) mass is 310 g/mol. The first kappa shape index (κ1) is 13.6. The van der Waals surface area contributed by atoms with Crippen LogP contribution in [0.5, 0.6) is 0 Å². The molecule has 1 amide bonds. The average molecular weight is 311 g/mol. The summed E-state index contributed by atoms with van der Waals surface area (Å²) in [6.07, 6.45) is 2.74. The SMILES string of the molecule is Cc1cc(C)c(NC(=O)CC(N)C2CC2)c(Br)c1. The lowest BCUT2D eigenvalue weighted by atomic mass is 10.1. The quantitative estimate of drug-likeness (QED) is 0.897. The number of aryl methyl sites for hydroxylation is 2. The summed E-state index contributed by atoms with van der Waals surface area (Å²) in [6.45, 7) is 4.03. The molecule has 0 radical (unpaired) electrons. The van der Waals surface area contributed by atoms with Crippen LogP contribution < -0.4 is 11.1 Å². The lowest BCUT2D eigenvalue weighted by molar-refractivity contribution is -0.116. The molecule has 3 nitrogen and oxygen atoms in total. The first-order chi connectivity index (χ1) is 8.47. The van der Waals surface area contributed by atoms with Crippen LogP contribution >= 0.6 is 15.9 Å². The second-order valence-electron chi connectivity index (χ2n) is 5.19. The topological polar surface area (TPSA) is 55.1 Å². The van der Waals surface area contributed by atoms with Crippen LogP contribution in [0, 0.1) is 19.8 Å². The molecule has 4 heteroatoms. The number of amides is 1. The van der Waals surface area contributed by atoms with Crippen LogP contribution in [0.25, 0.3) is 0 Å². The van der Waals surface area contributed by atoms with Gasteiger partial charge >= 0.3 is 0 Å². The van der Waals surface area contributed by atoms with Crippen molar-refractivity contribution in [1.82, 2.24) is 0 Å². The van der Waals surface area contributed by atoms with Crippen molar-refractivity contribution in [2.45, 2.75) is 39.2 Å². The number of hydrogen-bond donors (Lipinski definition) is 2. The average Bonchev–Trinajstić information content (AvgIpc) is 3.06. The zero-order valence-corrected chi connectivity index (χ0v) is 12.4. The van der Waals surface area contributed by atoms with Gasteiger partial charge in [0.1, 0.15) is 0 Å². The molecule has 0 spiro atoms. The fourth-order valence-electron chi connectivity index (χ4n) is 2.17. The molecular formula is C14H19BrN2O. The Morgan fingerprint density at radius 2 is 2.17 bits per heavy atom. The van der Waals surface area contributed by atoms with Crippen LogP contribution in [0.15, 0.2) is 16.6 Å². The molecule has 3 N–H and O–H groups in total. The van der Waals surface area contributed by atoms with Crippen LogP contribution in [0.4, 0.5) is 5.69 Å². The Morgan fingerprint density at radius 3 is 2.72 bits per heavy atom. The van der Waals surface area contributed by atoms with Crippen LogP contribution in [-0.4, -0.2) is 11.9 Å². The molecule has 0 heterocycles. The lowest BCUT2D eigenvalue weighted by Crippen LogP contribution is -2.29. The predicted octanol–water partition coefficient (Wildman–Crippen LogP) is 3.13. The van der Waals surface area contributed by atoms with Crippen LogP contribution in [0.3, 0.4) is 0 Å². The van der Waals surface area contributed by atoms with E-state index in [1.54, 1.807) is 0 Å². The number of benzene rings is 1. The number of halogens is 1. The van der Waals surface area contributed by atoms with Gasteiger partial charge in [-0.1, -0.05) is 6.07 Å². The highest BCUT2D eigenvalue weighted by atomic mass is 79.9. The van der Waals surface area contributed by atoms with Gasteiger partial charge in [-0.3, -0.25) is 4.79 Å². The molecule has 2 rings (SSSR count). The summed E-state index contributed by atoms with van der Waals surface area (Å²) < 4.78 is 0.924. The van der Waals surface area contributed by atoms with Crippen molar-refractivity contribution in [3.05, 3.63) is 27.7 Å². The molecule has 1 aliphatic carbocycles. The number of carbonyl (C=O) groups is 1. The maximum absolute atomic E-state index is 11.9. The number of hydrogen-bond acceptors (Lipinski definition) is 2. The van der Waals surface area contributed by atoms with E-state index in [2.05, 4.69) is 27.3 Å². The van der Waals surface area contributed by atoms with Gasteiger partial charge in [-0.2, -0.15) is 0 Å². The maximum atomic E-state index is 11.9. The number of nitrogens with two attached hydrogens (primary N) is 1. The molecule has 0 aromatic heterocycles. The zero-order chi connectivity index (χ0) is 13.3. The fourth-order valence-corrected chi connectivity index (χ4v) is 2.94. The molecule has 18 heavy (non-hydrogen) atoms. The van der Waals surface area contributed by atoms with Crippen molar-refractivity contribution in [2.75, 3.05) is 5.32 Å². The van der Waals surface area contributed by atoms with Gasteiger partial charge in [0.15, 0.2) is 0 Å². The minimum atomic E-state index is 0.00190. The Balaban J connectivity index is 2.02. The molecule has 1 atom stereocenters. The third kappa shape index (κ3) is 3.33. The van der Waals surface area contributed by atoms with Crippen molar-refractivity contribution in [2.24, 2.45) is 11.7 Å². The van der Waals surface area contributed by atoms with E-state index in [9.17, 15) is 4.79 Å². The van der Waals surface area contributed by atoms with Crippen molar-refractivity contribution in [3.63, 3.8) is 0 Å². The summed E-state index contributed by atoms with van der Waals surface area (Å²) in [7, 11) is 0. The smallest absolute Gasteiger partial charge is 0.225 e. The molecule has 1 aliphatic rings. The highest BCUT2D eigenvalue weighted by Crippen LogP contribution is 2.33. The van der Waals surface area contributed by atoms with Gasteiger partial charge in [0, 0.05) is 16.9 Å². The molecule has 0 aliphatic heterocycles. The standard InChI is InChI=1S/C14H19BrN2O/c1-8-5-9(2)14(11(15)6-8)17-13(18)7-12(16)10-3-4-10/h5-6,10,12H,3-4,7,16H2,1-2H3,(H,17,18). The van der Waals surface area contributed by atoms with Gasteiger partial charge in [-0.05, 0) is 65.7 Å². The Labute approximate surface area is 116 Å². The van der Waals surface area contributed by atoms with E-state index in [0.717, 1.165) is 15.7 Å². The molecule has 1 aromatic rings. The molecule has 98 valence electrons. The summed E-state index contributed by atoms with van der Waals surface area (Å²) in [5, 5.41) is 2.95. The van der Waals surface area contributed by atoms with Gasteiger partial charge in [-0.15, -0.1) is 0 Å². The second kappa shape index (κ2) is 5.41. The fraction of sp³-hybridized carbons (Fsp3) is 0.500. The number of nitrogens with one attached hydrogen (secondary N) is 1. The van der Waals surface area contributed by atoms with E-state index in [0.29, 0.717) is 12.3 Å². The van der Waals surface area contributed by atoms with Gasteiger partial charge < -0.3 is 11.1 Å². The first-order valence-corrected chi connectivity index (χ1v) is 7.09. The van der Waals surface area contributed by atoms with Gasteiger partial charge in [0.25, 0.3) is 0 Å². The van der Waals surface area contributed by atoms with Gasteiger partial charge in [-0.25, -0.2) is 0 Å². The van der Waals surface area contributed by atoms with Gasteiger partial charge in [0.05, 0.1) is 5.69 Å². The molecule has 1 aromatic carbocycles. The summed E-state index contributed by atoms with van der Waals surface area (Å²) >= 11 is 3.49. The summed E-state index contributed by atoms with van der Waals surface area (Å²) in [5.41, 5.74) is 9.05. The molecule has 0 bridgehead atoms. The van der Waals surface area contributed by atoms with E-state index in [1.165, 1.54) is 18.4 Å². The van der Waals surface area contributed by atoms with E-state index < -0.39 is 0 Å². The van der Waals surface area contributed by atoms with E-state index in [1.807, 2.05) is 19.9 Å². The highest BCUT2D eigenvalue weighted by Gasteiger charge is 2.29. The normalized spacial score (nSPS) is 16.4. The summed E-state index contributed by atoms with van der Waals surface area (Å²) in [4.78, 5) is 11.9. The molecule has 1 unspecified atom stereocenters. The Hall–Kier alpha value is -0.870. The minimum Gasteiger partial charge on any atom is -0.327 e. The molecule has 0 saturated heterocycles. The zero-order valence-electron chi connectivity index (χ0n) is 10.8. The van der Waals surface area contributed by atoms with Crippen LogP contribution in [0.1, 0.15) is 30.4 Å². The van der Waals surface area contributed by atoms with Crippen molar-refractivity contribution in [1.29, 1.82) is 0 Å². The van der Waals surface area contributed by atoms with E-state index in [4.69, 9.17) is 5.73 Å². The third-order valence-electron chi connectivity index (χ3n) is 3.34. The number of rotatable bonds is 4. The largest absolute Gasteiger partial charge is 0.327 e. The van der Waals surface area contributed by atoms with E-state index in [-0.39, 0.29) is 11.9 Å². The Morgan fingerprint density at radius 1 is 1.50 bits per heavy atom. The molecular weight excluding hydrogens is 292 g/mol. The van der Waals surface area contributed by atoms with Crippen LogP contribution in [-0.2, 0) is 4.79 Å². The summed E-state index contributed by atoms with van der Waals surface area (Å²) in [5.74, 6) is 0.556. The Bertz CT molecular complexity index is 446. The minimum absolute atomic E-state index is 0.00190. The van der Waals surface area contributed by atoms with Crippen LogP contribution in [0.2, 0.25) is 0 Å². The number of carbonyl (C=O) groups excluding carboxylic acids is 1. The summed E-state index contributed by atoms with van der Waals surface area (Å²) in [6, 6.07) is 4.07. The van der Waals surface area contributed by atoms with Crippen molar-refractivity contribution < 1.29 is 4.79 Å². The lowest BCUT2D eigenvalue weighted by Gasteiger charge is -2.14. The van der Waals surface area contributed by atoms with Gasteiger partial charge in [0.2, 0.25) is 5.91 Å². The predicted molar refractivity (Wildman–Crippen MR) is 77.6 cm³/mol. The second-order valence-corrected chi connectivity index (χ2v) is 6.05. The maximum Gasteiger partial charge on any atom is 0.225 e. The highest BCUT2D eigenvalue weighted by molar-refractivity contribution is 9.10. The van der Waals surface area contributed by atoms with E-state index >= 15 is 0 Å². The molecule has 1 saturated carbocycles. The van der Waals surface area contributed by atoms with Crippen molar-refractivity contribution >= 4 is 27.5 Å². The Kier molecular flexibility index (Phi) is 4.07. The van der Waals surface area contributed by atoms with Crippen molar-refractivity contribution in [3.8, 4) is 0 Å². The third-order valence-corrected chi connectivity index (χ3v) is 3.97. The number of anilines is 1. The molecule has 1 fully saturated rings. The first-order valence-electron chi connectivity index (χ1n) is 6.29.